The van der Waals surface area contributed by atoms with Crippen molar-refractivity contribution in [3.8, 4) is 17.2 Å². The van der Waals surface area contributed by atoms with Crippen LogP contribution < -0.4 is 24.8 Å². The third kappa shape index (κ3) is 5.62. The molecule has 0 bridgehead atoms. The Hall–Kier alpha value is -2.29. The van der Waals surface area contributed by atoms with Crippen molar-refractivity contribution in [1.82, 2.24) is 15.5 Å². The molecule has 0 saturated carbocycles. The first kappa shape index (κ1) is 21.4. The third-order valence-corrected chi connectivity index (χ3v) is 5.30. The molecule has 2 aliphatic heterocycles. The molecule has 0 aromatic heterocycles. The van der Waals surface area contributed by atoms with Gasteiger partial charge in [0.1, 0.15) is 5.75 Å². The van der Waals surface area contributed by atoms with Crippen LogP contribution in [-0.4, -0.2) is 57.0 Å². The SMILES string of the molecule is CN=C(NCc1cc2c(cc1OC(F)F)OCO2)NCC(C(C)C)N1CCCC1. The molecule has 3 rings (SSSR count). The van der Waals surface area contributed by atoms with E-state index in [1.807, 2.05) is 0 Å². The summed E-state index contributed by atoms with van der Waals surface area (Å²) in [6.07, 6.45) is 2.49. The zero-order chi connectivity index (χ0) is 20.8. The van der Waals surface area contributed by atoms with E-state index in [1.54, 1.807) is 13.1 Å². The van der Waals surface area contributed by atoms with Gasteiger partial charge in [0.05, 0.1) is 0 Å². The second-order valence-electron chi connectivity index (χ2n) is 7.55. The van der Waals surface area contributed by atoms with Gasteiger partial charge in [-0.3, -0.25) is 9.89 Å². The first-order valence-electron chi connectivity index (χ1n) is 10.0. The molecule has 1 aromatic rings. The zero-order valence-electron chi connectivity index (χ0n) is 17.2. The Labute approximate surface area is 170 Å². The molecule has 162 valence electrons. The van der Waals surface area contributed by atoms with E-state index in [0.717, 1.165) is 19.6 Å². The van der Waals surface area contributed by atoms with Gasteiger partial charge in [0.2, 0.25) is 6.79 Å². The molecule has 9 heteroatoms. The van der Waals surface area contributed by atoms with Crippen molar-refractivity contribution in [2.24, 2.45) is 10.9 Å². The number of guanidine groups is 1. The number of hydrogen-bond acceptors (Lipinski definition) is 5. The van der Waals surface area contributed by atoms with E-state index in [9.17, 15) is 8.78 Å². The maximum absolute atomic E-state index is 12.8. The smallest absolute Gasteiger partial charge is 0.387 e. The minimum absolute atomic E-state index is 0.0596. The first-order chi connectivity index (χ1) is 14.0. The van der Waals surface area contributed by atoms with Crippen LogP contribution in [0.4, 0.5) is 8.78 Å². The predicted molar refractivity (Wildman–Crippen MR) is 107 cm³/mol. The maximum atomic E-state index is 12.8. The topological polar surface area (TPSA) is 67.4 Å². The number of fused-ring (bicyclic) bond motifs is 1. The van der Waals surface area contributed by atoms with Crippen molar-refractivity contribution < 1.29 is 23.0 Å². The van der Waals surface area contributed by atoms with Gasteiger partial charge in [-0.05, 0) is 37.9 Å². The summed E-state index contributed by atoms with van der Waals surface area (Å²) in [4.78, 5) is 6.77. The van der Waals surface area contributed by atoms with Gasteiger partial charge in [-0.2, -0.15) is 8.78 Å². The van der Waals surface area contributed by atoms with Gasteiger partial charge in [0, 0.05) is 37.8 Å². The van der Waals surface area contributed by atoms with Crippen molar-refractivity contribution in [3.63, 3.8) is 0 Å². The lowest BCUT2D eigenvalue weighted by Crippen LogP contribution is -2.48. The van der Waals surface area contributed by atoms with Crippen LogP contribution in [0.25, 0.3) is 0 Å². The molecule has 0 radical (unpaired) electrons. The lowest BCUT2D eigenvalue weighted by Gasteiger charge is -2.31. The highest BCUT2D eigenvalue weighted by Crippen LogP contribution is 2.38. The molecule has 0 aliphatic carbocycles. The zero-order valence-corrected chi connectivity index (χ0v) is 17.2. The van der Waals surface area contributed by atoms with Crippen molar-refractivity contribution in [2.45, 2.75) is 45.9 Å². The normalized spacial score (nSPS) is 17.8. The number of alkyl halides is 2. The molecule has 1 atom stereocenters. The molecule has 2 N–H and O–H groups in total. The van der Waals surface area contributed by atoms with Crippen LogP contribution in [0.3, 0.4) is 0 Å². The molecule has 1 aromatic carbocycles. The second-order valence-corrected chi connectivity index (χ2v) is 7.55. The first-order valence-corrected chi connectivity index (χ1v) is 10.0. The Morgan fingerprint density at radius 1 is 1.17 bits per heavy atom. The van der Waals surface area contributed by atoms with Gasteiger partial charge in [-0.1, -0.05) is 13.8 Å². The van der Waals surface area contributed by atoms with Crippen LogP contribution in [0.2, 0.25) is 0 Å². The quantitative estimate of drug-likeness (QED) is 0.506. The molecule has 1 fully saturated rings. The molecule has 1 unspecified atom stereocenters. The molecule has 2 heterocycles. The lowest BCUT2D eigenvalue weighted by molar-refractivity contribution is -0.0505. The van der Waals surface area contributed by atoms with Crippen molar-refractivity contribution >= 4 is 5.96 Å². The molecule has 7 nitrogen and oxygen atoms in total. The highest BCUT2D eigenvalue weighted by atomic mass is 19.3. The van der Waals surface area contributed by atoms with E-state index in [2.05, 4.69) is 39.1 Å². The number of nitrogens with one attached hydrogen (secondary N) is 2. The molecule has 0 amide bonds. The van der Waals surface area contributed by atoms with Gasteiger partial charge in [0.25, 0.3) is 0 Å². The van der Waals surface area contributed by atoms with Crippen LogP contribution in [0, 0.1) is 5.92 Å². The van der Waals surface area contributed by atoms with Crippen molar-refractivity contribution in [2.75, 3.05) is 33.5 Å². The second kappa shape index (κ2) is 9.96. The Balaban J connectivity index is 1.61. The van der Waals surface area contributed by atoms with Gasteiger partial charge < -0.3 is 24.8 Å². The number of rotatable bonds is 8. The Morgan fingerprint density at radius 3 is 2.48 bits per heavy atom. The average molecular weight is 412 g/mol. The number of aliphatic imine (C=N–C) groups is 1. The molecule has 29 heavy (non-hydrogen) atoms. The summed E-state index contributed by atoms with van der Waals surface area (Å²) in [5.74, 6) is 2.09. The molecular formula is C20H30F2N4O3. The van der Waals surface area contributed by atoms with E-state index < -0.39 is 6.61 Å². The molecular weight excluding hydrogens is 382 g/mol. The van der Waals surface area contributed by atoms with Crippen LogP contribution in [0.5, 0.6) is 17.2 Å². The Kier molecular flexibility index (Phi) is 7.35. The minimum atomic E-state index is -2.92. The maximum Gasteiger partial charge on any atom is 0.387 e. The lowest BCUT2D eigenvalue weighted by atomic mass is 10.0. The summed E-state index contributed by atoms with van der Waals surface area (Å²) in [5, 5.41) is 6.54. The number of likely N-dealkylation sites (tertiary alicyclic amines) is 1. The van der Waals surface area contributed by atoms with E-state index in [4.69, 9.17) is 9.47 Å². The van der Waals surface area contributed by atoms with E-state index in [-0.39, 0.29) is 19.1 Å². The summed E-state index contributed by atoms with van der Waals surface area (Å²) in [6, 6.07) is 3.50. The van der Waals surface area contributed by atoms with Gasteiger partial charge in [-0.15, -0.1) is 0 Å². The van der Waals surface area contributed by atoms with E-state index >= 15 is 0 Å². The van der Waals surface area contributed by atoms with Crippen LogP contribution in [0.15, 0.2) is 17.1 Å². The highest BCUT2D eigenvalue weighted by Gasteiger charge is 2.25. The summed E-state index contributed by atoms with van der Waals surface area (Å²) >= 11 is 0. The fraction of sp³-hybridized carbons (Fsp3) is 0.650. The number of benzene rings is 1. The van der Waals surface area contributed by atoms with E-state index in [1.165, 1.54) is 18.9 Å². The Morgan fingerprint density at radius 2 is 1.86 bits per heavy atom. The van der Waals surface area contributed by atoms with Gasteiger partial charge >= 0.3 is 6.61 Å². The number of hydrogen-bond donors (Lipinski definition) is 2. The summed E-state index contributed by atoms with van der Waals surface area (Å²) < 4.78 is 40.8. The summed E-state index contributed by atoms with van der Waals surface area (Å²) in [6.45, 7) is 4.87. The van der Waals surface area contributed by atoms with Crippen LogP contribution in [0.1, 0.15) is 32.3 Å². The van der Waals surface area contributed by atoms with Crippen LogP contribution in [-0.2, 0) is 6.54 Å². The highest BCUT2D eigenvalue weighted by molar-refractivity contribution is 5.79. The standard InChI is InChI=1S/C20H30F2N4O3/c1-13(2)15(26-6-4-5-7-26)11-25-20(23-3)24-10-14-8-17-18(28-12-27-17)9-16(14)29-19(21)22/h8-9,13,15,19H,4-7,10-12H2,1-3H3,(H2,23,24,25). The van der Waals surface area contributed by atoms with E-state index in [0.29, 0.717) is 35.0 Å². The molecule has 2 aliphatic rings. The van der Waals surface area contributed by atoms with Crippen molar-refractivity contribution in [3.05, 3.63) is 17.7 Å². The van der Waals surface area contributed by atoms with Gasteiger partial charge in [0.15, 0.2) is 17.5 Å². The number of ether oxygens (including phenoxy) is 3. The van der Waals surface area contributed by atoms with Crippen molar-refractivity contribution in [1.29, 1.82) is 0 Å². The molecule has 1 saturated heterocycles. The average Bonchev–Trinajstić information content (AvgIpc) is 3.35. The summed E-state index contributed by atoms with van der Waals surface area (Å²) in [5.41, 5.74) is 0.539. The monoisotopic (exact) mass is 412 g/mol. The molecule has 0 spiro atoms. The summed E-state index contributed by atoms with van der Waals surface area (Å²) in [7, 11) is 1.69. The fourth-order valence-electron chi connectivity index (χ4n) is 3.77. The number of halogens is 2. The van der Waals surface area contributed by atoms with Crippen LogP contribution >= 0.6 is 0 Å². The third-order valence-electron chi connectivity index (χ3n) is 5.30. The van der Waals surface area contributed by atoms with Gasteiger partial charge in [-0.25, -0.2) is 0 Å². The minimum Gasteiger partial charge on any atom is -0.454 e. The predicted octanol–water partition coefficient (Wildman–Crippen LogP) is 2.80. The largest absolute Gasteiger partial charge is 0.454 e. The fourth-order valence-corrected chi connectivity index (χ4v) is 3.77. The Bertz CT molecular complexity index is 709. The number of nitrogens with zero attached hydrogens (tertiary/aromatic N) is 2.